The van der Waals surface area contributed by atoms with Crippen LogP contribution in [0.2, 0.25) is 0 Å². The fraction of sp³-hybridized carbons (Fsp3) is 0.600. The molecule has 0 saturated carbocycles. The predicted octanol–water partition coefficient (Wildman–Crippen LogP) is 3.70. The second-order valence-electron chi connectivity index (χ2n) is 4.35. The van der Waals surface area contributed by atoms with E-state index < -0.39 is 0 Å². The first-order valence-corrected chi connectivity index (χ1v) is 6.82. The molecule has 1 aromatic carbocycles. The first kappa shape index (κ1) is 14.8. The zero-order valence-electron chi connectivity index (χ0n) is 11.6. The van der Waals surface area contributed by atoms with Crippen LogP contribution in [0.3, 0.4) is 0 Å². The van der Waals surface area contributed by atoms with Crippen LogP contribution in [0.4, 0.5) is 5.69 Å². The Kier molecular flexibility index (Phi) is 8.06. The van der Waals surface area contributed by atoms with Gasteiger partial charge in [-0.15, -0.1) is 0 Å². The molecule has 0 saturated heterocycles. The Morgan fingerprint density at radius 1 is 1.00 bits per heavy atom. The molecule has 0 bridgehead atoms. The highest BCUT2D eigenvalue weighted by atomic mass is 16.5. The van der Waals surface area contributed by atoms with Gasteiger partial charge in [0, 0.05) is 19.3 Å². The normalized spacial score (nSPS) is 10.3. The Labute approximate surface area is 110 Å². The number of anilines is 1. The maximum absolute atomic E-state index is 5.68. The third kappa shape index (κ3) is 6.50. The minimum Gasteiger partial charge on any atom is -0.494 e. The molecule has 1 aromatic rings. The molecule has 0 fully saturated rings. The summed E-state index contributed by atoms with van der Waals surface area (Å²) in [5.74, 6) is 0.948. The van der Waals surface area contributed by atoms with Crippen molar-refractivity contribution in [1.82, 2.24) is 0 Å². The summed E-state index contributed by atoms with van der Waals surface area (Å²) in [5, 5.41) is 3.28. The Hall–Kier alpha value is -1.22. The summed E-state index contributed by atoms with van der Waals surface area (Å²) < 4.78 is 10.7. The third-order valence-electron chi connectivity index (χ3n) is 2.76. The molecule has 0 aliphatic rings. The van der Waals surface area contributed by atoms with Crippen LogP contribution in [0, 0.1) is 0 Å². The average Bonchev–Trinajstić information content (AvgIpc) is 2.40. The zero-order valence-corrected chi connectivity index (χ0v) is 11.6. The van der Waals surface area contributed by atoms with E-state index in [0.717, 1.165) is 37.6 Å². The van der Waals surface area contributed by atoms with E-state index in [-0.39, 0.29) is 0 Å². The predicted molar refractivity (Wildman–Crippen MR) is 76.4 cm³/mol. The first-order chi connectivity index (χ1) is 8.86. The summed E-state index contributed by atoms with van der Waals surface area (Å²) in [5.41, 5.74) is 1.10. The molecular formula is C15H25NO2. The van der Waals surface area contributed by atoms with Gasteiger partial charge in [-0.25, -0.2) is 0 Å². The molecule has 0 aliphatic carbocycles. The average molecular weight is 251 g/mol. The smallest absolute Gasteiger partial charge is 0.119 e. The maximum Gasteiger partial charge on any atom is 0.119 e. The molecule has 0 atom stereocenters. The second-order valence-corrected chi connectivity index (χ2v) is 4.35. The standard InChI is InChI=1S/C15H25NO2/c1-3-4-5-6-12-18-15-9-7-14(8-10-15)16-11-13-17-2/h7-10,16H,3-6,11-13H2,1-2H3. The third-order valence-corrected chi connectivity index (χ3v) is 2.76. The summed E-state index contributed by atoms with van der Waals surface area (Å²) in [4.78, 5) is 0. The van der Waals surface area contributed by atoms with Crippen LogP contribution in [0.25, 0.3) is 0 Å². The van der Waals surface area contributed by atoms with Gasteiger partial charge in [-0.3, -0.25) is 0 Å². The van der Waals surface area contributed by atoms with E-state index in [1.165, 1.54) is 19.3 Å². The molecule has 0 radical (unpaired) electrons. The Balaban J connectivity index is 2.19. The van der Waals surface area contributed by atoms with Gasteiger partial charge >= 0.3 is 0 Å². The van der Waals surface area contributed by atoms with Gasteiger partial charge in [-0.1, -0.05) is 26.2 Å². The van der Waals surface area contributed by atoms with E-state index in [1.54, 1.807) is 7.11 Å². The molecule has 0 aromatic heterocycles. The van der Waals surface area contributed by atoms with E-state index in [2.05, 4.69) is 12.2 Å². The molecule has 3 nitrogen and oxygen atoms in total. The highest BCUT2D eigenvalue weighted by Crippen LogP contribution is 2.16. The van der Waals surface area contributed by atoms with Crippen molar-refractivity contribution in [3.8, 4) is 5.75 Å². The minimum absolute atomic E-state index is 0.718. The minimum atomic E-state index is 0.718. The van der Waals surface area contributed by atoms with Gasteiger partial charge in [0.25, 0.3) is 0 Å². The molecule has 1 N–H and O–H groups in total. The van der Waals surface area contributed by atoms with E-state index in [1.807, 2.05) is 24.3 Å². The first-order valence-electron chi connectivity index (χ1n) is 6.82. The number of ether oxygens (including phenoxy) is 2. The van der Waals surface area contributed by atoms with Crippen molar-refractivity contribution < 1.29 is 9.47 Å². The molecule has 3 heteroatoms. The van der Waals surface area contributed by atoms with Crippen LogP contribution in [-0.2, 0) is 4.74 Å². The molecule has 18 heavy (non-hydrogen) atoms. The fourth-order valence-corrected chi connectivity index (χ4v) is 1.69. The lowest BCUT2D eigenvalue weighted by molar-refractivity contribution is 0.211. The van der Waals surface area contributed by atoms with Crippen molar-refractivity contribution in [2.75, 3.05) is 32.2 Å². The summed E-state index contributed by atoms with van der Waals surface area (Å²) >= 11 is 0. The SMILES string of the molecule is CCCCCCOc1ccc(NCCOC)cc1. The van der Waals surface area contributed by atoms with Crippen molar-refractivity contribution >= 4 is 5.69 Å². The van der Waals surface area contributed by atoms with Crippen molar-refractivity contribution in [1.29, 1.82) is 0 Å². The highest BCUT2D eigenvalue weighted by molar-refractivity contribution is 5.46. The Morgan fingerprint density at radius 2 is 1.78 bits per heavy atom. The highest BCUT2D eigenvalue weighted by Gasteiger charge is 1.95. The van der Waals surface area contributed by atoms with Gasteiger partial charge < -0.3 is 14.8 Å². The van der Waals surface area contributed by atoms with Crippen LogP contribution in [0.5, 0.6) is 5.75 Å². The van der Waals surface area contributed by atoms with Gasteiger partial charge in [0.15, 0.2) is 0 Å². The van der Waals surface area contributed by atoms with Crippen LogP contribution in [0.15, 0.2) is 24.3 Å². The molecule has 0 aliphatic heterocycles. The summed E-state index contributed by atoms with van der Waals surface area (Å²) in [7, 11) is 1.71. The van der Waals surface area contributed by atoms with Crippen molar-refractivity contribution in [2.24, 2.45) is 0 Å². The number of benzene rings is 1. The quantitative estimate of drug-likeness (QED) is 0.643. The van der Waals surface area contributed by atoms with Gasteiger partial charge in [0.1, 0.15) is 5.75 Å². The Morgan fingerprint density at radius 3 is 2.44 bits per heavy atom. The lowest BCUT2D eigenvalue weighted by atomic mass is 10.2. The molecule has 1 rings (SSSR count). The van der Waals surface area contributed by atoms with Crippen molar-refractivity contribution in [3.63, 3.8) is 0 Å². The topological polar surface area (TPSA) is 30.5 Å². The number of hydrogen-bond donors (Lipinski definition) is 1. The largest absolute Gasteiger partial charge is 0.494 e. The monoisotopic (exact) mass is 251 g/mol. The zero-order chi connectivity index (χ0) is 13.1. The van der Waals surface area contributed by atoms with Crippen LogP contribution >= 0.6 is 0 Å². The van der Waals surface area contributed by atoms with Crippen LogP contribution in [-0.4, -0.2) is 26.9 Å². The fourth-order valence-electron chi connectivity index (χ4n) is 1.69. The number of nitrogens with one attached hydrogen (secondary N) is 1. The van der Waals surface area contributed by atoms with Gasteiger partial charge in [-0.05, 0) is 30.7 Å². The van der Waals surface area contributed by atoms with E-state index in [4.69, 9.17) is 9.47 Å². The Bertz CT molecular complexity index is 298. The van der Waals surface area contributed by atoms with Crippen LogP contribution < -0.4 is 10.1 Å². The number of hydrogen-bond acceptors (Lipinski definition) is 3. The van der Waals surface area contributed by atoms with Gasteiger partial charge in [0.2, 0.25) is 0 Å². The molecule has 0 heterocycles. The maximum atomic E-state index is 5.68. The van der Waals surface area contributed by atoms with Gasteiger partial charge in [0.05, 0.1) is 13.2 Å². The van der Waals surface area contributed by atoms with E-state index >= 15 is 0 Å². The molecule has 102 valence electrons. The lowest BCUT2D eigenvalue weighted by Crippen LogP contribution is -2.07. The number of unbranched alkanes of at least 4 members (excludes halogenated alkanes) is 3. The van der Waals surface area contributed by atoms with Crippen molar-refractivity contribution in [2.45, 2.75) is 32.6 Å². The van der Waals surface area contributed by atoms with Crippen molar-refractivity contribution in [3.05, 3.63) is 24.3 Å². The van der Waals surface area contributed by atoms with E-state index in [9.17, 15) is 0 Å². The van der Waals surface area contributed by atoms with E-state index in [0.29, 0.717) is 0 Å². The summed E-state index contributed by atoms with van der Waals surface area (Å²) in [6.45, 7) is 4.58. The molecular weight excluding hydrogens is 226 g/mol. The summed E-state index contributed by atoms with van der Waals surface area (Å²) in [6.07, 6.45) is 4.96. The molecule has 0 unspecified atom stereocenters. The van der Waals surface area contributed by atoms with Crippen LogP contribution in [0.1, 0.15) is 32.6 Å². The molecule has 0 amide bonds. The lowest BCUT2D eigenvalue weighted by Gasteiger charge is -2.08. The second kappa shape index (κ2) is 9.77. The number of methoxy groups -OCH3 is 1. The molecule has 0 spiro atoms. The number of rotatable bonds is 10. The summed E-state index contributed by atoms with van der Waals surface area (Å²) in [6, 6.07) is 8.10. The van der Waals surface area contributed by atoms with Gasteiger partial charge in [-0.2, -0.15) is 0 Å².